The molecule has 0 aliphatic heterocycles. The van der Waals surface area contributed by atoms with Crippen LogP contribution in [0.2, 0.25) is 5.02 Å². The number of benzene rings is 2. The maximum atomic E-state index is 12.6. The lowest BCUT2D eigenvalue weighted by Gasteiger charge is -2.20. The van der Waals surface area contributed by atoms with E-state index in [1.165, 1.54) is 16.2 Å². The predicted octanol–water partition coefficient (Wildman–Crippen LogP) is 4.45. The van der Waals surface area contributed by atoms with Gasteiger partial charge in [0, 0.05) is 35.6 Å². The number of halogens is 1. The lowest BCUT2D eigenvalue weighted by molar-refractivity contribution is -0.138. The van der Waals surface area contributed by atoms with Gasteiger partial charge in [0.1, 0.15) is 5.01 Å². The summed E-state index contributed by atoms with van der Waals surface area (Å²) in [5.41, 5.74) is 1.58. The minimum absolute atomic E-state index is 0.155. The average Bonchev–Trinajstić information content (AvgIpc) is 3.16. The van der Waals surface area contributed by atoms with Crippen molar-refractivity contribution in [3.63, 3.8) is 0 Å². The van der Waals surface area contributed by atoms with Crippen molar-refractivity contribution in [2.75, 3.05) is 14.1 Å². The van der Waals surface area contributed by atoms with Crippen molar-refractivity contribution < 1.29 is 14.3 Å². The zero-order valence-electron chi connectivity index (χ0n) is 14.8. The molecule has 1 atom stereocenters. The van der Waals surface area contributed by atoms with Gasteiger partial charge in [0.25, 0.3) is 5.91 Å². The first-order valence-corrected chi connectivity index (χ1v) is 9.40. The molecular weight excluding hydrogens is 384 g/mol. The maximum Gasteiger partial charge on any atom is 0.358 e. The number of hydrogen-bond donors (Lipinski definition) is 0. The Morgan fingerprint density at radius 3 is 2.52 bits per heavy atom. The number of aromatic nitrogens is 1. The number of thiazole rings is 1. The van der Waals surface area contributed by atoms with Gasteiger partial charge >= 0.3 is 5.97 Å². The van der Waals surface area contributed by atoms with Gasteiger partial charge in [-0.15, -0.1) is 11.3 Å². The van der Waals surface area contributed by atoms with Crippen LogP contribution in [0.15, 0.2) is 60.0 Å². The van der Waals surface area contributed by atoms with Gasteiger partial charge in [-0.25, -0.2) is 9.78 Å². The van der Waals surface area contributed by atoms with Crippen LogP contribution in [0.3, 0.4) is 0 Å². The Labute approximate surface area is 166 Å². The van der Waals surface area contributed by atoms with E-state index >= 15 is 0 Å². The summed E-state index contributed by atoms with van der Waals surface area (Å²) in [5.74, 6) is -0.969. The second kappa shape index (κ2) is 8.33. The van der Waals surface area contributed by atoms with Crippen LogP contribution in [-0.4, -0.2) is 35.9 Å². The minimum atomic E-state index is -1.02. The summed E-state index contributed by atoms with van der Waals surface area (Å²) in [7, 11) is 3.23. The van der Waals surface area contributed by atoms with E-state index in [-0.39, 0.29) is 11.6 Å². The van der Waals surface area contributed by atoms with Crippen molar-refractivity contribution in [2.45, 2.75) is 6.10 Å². The number of likely N-dealkylation sites (N-methyl/N-ethyl adjacent to an activating group) is 1. The molecule has 0 saturated heterocycles. The Kier molecular flexibility index (Phi) is 5.88. The van der Waals surface area contributed by atoms with Crippen LogP contribution in [0, 0.1) is 0 Å². The van der Waals surface area contributed by atoms with Crippen LogP contribution in [0.25, 0.3) is 10.6 Å². The Hall–Kier alpha value is -2.70. The van der Waals surface area contributed by atoms with Crippen molar-refractivity contribution in [3.05, 3.63) is 76.3 Å². The zero-order chi connectivity index (χ0) is 19.4. The fourth-order valence-electron chi connectivity index (χ4n) is 2.41. The molecule has 0 N–H and O–H groups in total. The highest BCUT2D eigenvalue weighted by Gasteiger charge is 2.28. The Balaban J connectivity index is 1.83. The summed E-state index contributed by atoms with van der Waals surface area (Å²) < 4.78 is 5.51. The van der Waals surface area contributed by atoms with Gasteiger partial charge in [0.05, 0.1) is 0 Å². The van der Waals surface area contributed by atoms with Crippen LogP contribution >= 0.6 is 22.9 Å². The largest absolute Gasteiger partial charge is 0.443 e. The highest BCUT2D eigenvalue weighted by atomic mass is 35.5. The third-order valence-corrected chi connectivity index (χ3v) is 4.90. The van der Waals surface area contributed by atoms with Gasteiger partial charge < -0.3 is 9.64 Å². The molecule has 1 amide bonds. The summed E-state index contributed by atoms with van der Waals surface area (Å²) in [6.07, 6.45) is -1.02. The van der Waals surface area contributed by atoms with Crippen LogP contribution in [0.4, 0.5) is 0 Å². The maximum absolute atomic E-state index is 12.6. The highest BCUT2D eigenvalue weighted by molar-refractivity contribution is 7.13. The Bertz CT molecular complexity index is 957. The monoisotopic (exact) mass is 400 g/mol. The van der Waals surface area contributed by atoms with Crippen molar-refractivity contribution in [3.8, 4) is 10.6 Å². The molecule has 0 unspecified atom stereocenters. The molecule has 3 rings (SSSR count). The number of rotatable bonds is 5. The molecule has 0 bridgehead atoms. The molecule has 2 aromatic carbocycles. The third kappa shape index (κ3) is 4.53. The standard InChI is InChI=1S/C20H17ClN2O3S/c1-23(2)19(24)17(13-7-4-3-5-8-13)26-20(25)16-12-27-18(22-16)14-9-6-10-15(21)11-14/h3-12,17H,1-2H3/t17-/m1/s1. The van der Waals surface area contributed by atoms with Gasteiger partial charge in [-0.2, -0.15) is 0 Å². The molecule has 0 spiro atoms. The quantitative estimate of drug-likeness (QED) is 0.593. The SMILES string of the molecule is CN(C)C(=O)[C@H](OC(=O)c1csc(-c2cccc(Cl)c2)n1)c1ccccc1. The number of esters is 1. The fourth-order valence-corrected chi connectivity index (χ4v) is 3.39. The first-order valence-electron chi connectivity index (χ1n) is 8.14. The molecule has 0 fully saturated rings. The first-order chi connectivity index (χ1) is 13.0. The smallest absolute Gasteiger partial charge is 0.358 e. The molecule has 1 heterocycles. The van der Waals surface area contributed by atoms with Crippen molar-refractivity contribution in [1.82, 2.24) is 9.88 Å². The summed E-state index contributed by atoms with van der Waals surface area (Å²) in [6, 6.07) is 16.1. The number of carbonyl (C=O) groups is 2. The van der Waals surface area contributed by atoms with Gasteiger partial charge in [0.2, 0.25) is 6.10 Å². The second-order valence-electron chi connectivity index (χ2n) is 5.98. The van der Waals surface area contributed by atoms with E-state index in [2.05, 4.69) is 4.98 Å². The number of amides is 1. The van der Waals surface area contributed by atoms with Gasteiger partial charge in [0.15, 0.2) is 5.69 Å². The topological polar surface area (TPSA) is 59.5 Å². The van der Waals surface area contributed by atoms with E-state index < -0.39 is 12.1 Å². The summed E-state index contributed by atoms with van der Waals surface area (Å²) in [5, 5.41) is 2.85. The van der Waals surface area contributed by atoms with Crippen LogP contribution in [0.5, 0.6) is 0 Å². The molecule has 0 aliphatic rings. The highest BCUT2D eigenvalue weighted by Crippen LogP contribution is 2.27. The van der Waals surface area contributed by atoms with Crippen LogP contribution in [-0.2, 0) is 9.53 Å². The van der Waals surface area contributed by atoms with Crippen LogP contribution in [0.1, 0.15) is 22.2 Å². The third-order valence-electron chi connectivity index (χ3n) is 3.78. The molecule has 3 aromatic rings. The van der Waals surface area contributed by atoms with Gasteiger partial charge in [-0.1, -0.05) is 54.1 Å². The molecule has 138 valence electrons. The summed E-state index contributed by atoms with van der Waals surface area (Å²) in [4.78, 5) is 30.8. The molecule has 5 nitrogen and oxygen atoms in total. The number of ether oxygens (including phenoxy) is 1. The summed E-state index contributed by atoms with van der Waals surface area (Å²) in [6.45, 7) is 0. The minimum Gasteiger partial charge on any atom is -0.443 e. The lowest BCUT2D eigenvalue weighted by Crippen LogP contribution is -2.31. The van der Waals surface area contributed by atoms with E-state index in [0.29, 0.717) is 15.6 Å². The Morgan fingerprint density at radius 2 is 1.85 bits per heavy atom. The van der Waals surface area contributed by atoms with E-state index in [1.807, 2.05) is 18.2 Å². The van der Waals surface area contributed by atoms with E-state index in [0.717, 1.165) is 5.56 Å². The van der Waals surface area contributed by atoms with Gasteiger partial charge in [-0.05, 0) is 12.1 Å². The number of nitrogens with zero attached hydrogens (tertiary/aromatic N) is 2. The molecule has 1 aromatic heterocycles. The molecule has 7 heteroatoms. The number of carbonyl (C=O) groups excluding carboxylic acids is 2. The molecule has 0 aliphatic carbocycles. The normalized spacial score (nSPS) is 11.7. The predicted molar refractivity (Wildman–Crippen MR) is 106 cm³/mol. The van der Waals surface area contributed by atoms with Crippen molar-refractivity contribution in [1.29, 1.82) is 0 Å². The average molecular weight is 401 g/mol. The van der Waals surface area contributed by atoms with Crippen molar-refractivity contribution in [2.24, 2.45) is 0 Å². The second-order valence-corrected chi connectivity index (χ2v) is 7.27. The molecule has 27 heavy (non-hydrogen) atoms. The van der Waals surface area contributed by atoms with Crippen molar-refractivity contribution >= 4 is 34.8 Å². The summed E-state index contributed by atoms with van der Waals surface area (Å²) >= 11 is 7.32. The lowest BCUT2D eigenvalue weighted by atomic mass is 10.1. The Morgan fingerprint density at radius 1 is 1.11 bits per heavy atom. The molecule has 0 saturated carbocycles. The molecular formula is C20H17ClN2O3S. The first kappa shape index (κ1) is 19.1. The van der Waals surface area contributed by atoms with Crippen LogP contribution < -0.4 is 0 Å². The van der Waals surface area contributed by atoms with E-state index in [9.17, 15) is 9.59 Å². The van der Waals surface area contributed by atoms with E-state index in [4.69, 9.17) is 16.3 Å². The van der Waals surface area contributed by atoms with Gasteiger partial charge in [-0.3, -0.25) is 4.79 Å². The fraction of sp³-hybridized carbons (Fsp3) is 0.150. The van der Waals surface area contributed by atoms with E-state index in [1.54, 1.807) is 55.9 Å². The number of hydrogen-bond acceptors (Lipinski definition) is 5. The molecule has 0 radical (unpaired) electrons. The zero-order valence-corrected chi connectivity index (χ0v) is 16.3.